The van der Waals surface area contributed by atoms with E-state index < -0.39 is 0 Å². The molecule has 0 fully saturated rings. The van der Waals surface area contributed by atoms with Crippen LogP contribution in [0.2, 0.25) is 5.02 Å². The Balaban J connectivity index is 2.19. The fourth-order valence-electron chi connectivity index (χ4n) is 2.02. The Morgan fingerprint density at radius 3 is 2.78 bits per heavy atom. The first-order valence-corrected chi connectivity index (χ1v) is 5.96. The number of aromatic nitrogens is 2. The molecule has 4 heteroatoms. The average molecular weight is 259 g/mol. The van der Waals surface area contributed by atoms with Crippen LogP contribution in [0.1, 0.15) is 5.56 Å². The van der Waals surface area contributed by atoms with Gasteiger partial charge in [0.2, 0.25) is 0 Å². The number of nitrogens with one attached hydrogen (secondary N) is 1. The largest absolute Gasteiger partial charge is 0.508 e. The maximum Gasteiger partial charge on any atom is 0.138 e. The third-order valence-corrected chi connectivity index (χ3v) is 3.14. The maximum atomic E-state index is 9.44. The zero-order valence-corrected chi connectivity index (χ0v) is 10.5. The molecule has 3 nitrogen and oxygen atoms in total. The summed E-state index contributed by atoms with van der Waals surface area (Å²) in [4.78, 5) is 7.70. The van der Waals surface area contributed by atoms with Crippen LogP contribution < -0.4 is 0 Å². The first-order chi connectivity index (χ1) is 8.63. The summed E-state index contributed by atoms with van der Waals surface area (Å²) in [5, 5.41) is 10.1. The number of hydrogen-bond donors (Lipinski definition) is 2. The second-order valence-electron chi connectivity index (χ2n) is 4.25. The van der Waals surface area contributed by atoms with E-state index in [1.165, 1.54) is 0 Å². The van der Waals surface area contributed by atoms with Gasteiger partial charge in [0.05, 0.1) is 11.0 Å². The fraction of sp³-hybridized carbons (Fsp3) is 0.0714. The third-order valence-electron chi connectivity index (χ3n) is 2.91. The number of phenolic OH excluding ortho intramolecular Hbond substituents is 1. The number of aromatic amines is 1. The van der Waals surface area contributed by atoms with Crippen LogP contribution in [-0.2, 0) is 0 Å². The lowest BCUT2D eigenvalue weighted by atomic mass is 10.1. The number of fused-ring (bicyclic) bond motifs is 1. The summed E-state index contributed by atoms with van der Waals surface area (Å²) in [6, 6.07) is 10.8. The number of halogens is 1. The Morgan fingerprint density at radius 2 is 2.00 bits per heavy atom. The van der Waals surface area contributed by atoms with Crippen LogP contribution in [0.3, 0.4) is 0 Å². The molecule has 0 radical (unpaired) electrons. The van der Waals surface area contributed by atoms with Crippen LogP contribution in [0.25, 0.3) is 22.4 Å². The summed E-state index contributed by atoms with van der Waals surface area (Å²) < 4.78 is 0. The van der Waals surface area contributed by atoms with Gasteiger partial charge in [-0.05, 0) is 42.8 Å². The molecule has 0 amide bonds. The Bertz CT molecular complexity index is 734. The van der Waals surface area contributed by atoms with Gasteiger partial charge in [0, 0.05) is 16.7 Å². The van der Waals surface area contributed by atoms with E-state index in [2.05, 4.69) is 9.97 Å². The van der Waals surface area contributed by atoms with Gasteiger partial charge in [-0.2, -0.15) is 0 Å². The SMILES string of the molecule is Cc1cc(Cl)ccc1-c1nc2ccc(O)cc2[nH]1. The normalized spacial score (nSPS) is 11.0. The van der Waals surface area contributed by atoms with Crippen molar-refractivity contribution in [3.05, 3.63) is 47.0 Å². The molecule has 2 N–H and O–H groups in total. The van der Waals surface area contributed by atoms with Crippen molar-refractivity contribution in [2.24, 2.45) is 0 Å². The first kappa shape index (κ1) is 11.1. The molecule has 1 heterocycles. The molecule has 2 aromatic carbocycles. The summed E-state index contributed by atoms with van der Waals surface area (Å²) in [5.74, 6) is 1.01. The second-order valence-corrected chi connectivity index (χ2v) is 4.68. The molecule has 0 atom stereocenters. The number of H-pyrrole nitrogens is 1. The molecule has 0 spiro atoms. The van der Waals surface area contributed by atoms with Gasteiger partial charge < -0.3 is 10.1 Å². The van der Waals surface area contributed by atoms with E-state index in [1.807, 2.05) is 25.1 Å². The Labute approximate surface area is 109 Å². The lowest BCUT2D eigenvalue weighted by Crippen LogP contribution is -1.84. The third kappa shape index (κ3) is 1.83. The molecule has 3 aromatic rings. The molecular weight excluding hydrogens is 248 g/mol. The number of rotatable bonds is 1. The Morgan fingerprint density at radius 1 is 1.17 bits per heavy atom. The quantitative estimate of drug-likeness (QED) is 0.695. The maximum absolute atomic E-state index is 9.44. The van der Waals surface area contributed by atoms with Crippen molar-refractivity contribution in [3.8, 4) is 17.1 Å². The van der Waals surface area contributed by atoms with Crippen molar-refractivity contribution >= 4 is 22.6 Å². The van der Waals surface area contributed by atoms with Crippen molar-refractivity contribution in [3.63, 3.8) is 0 Å². The minimum Gasteiger partial charge on any atom is -0.508 e. The van der Waals surface area contributed by atoms with Gasteiger partial charge in [-0.15, -0.1) is 0 Å². The molecule has 0 aliphatic rings. The summed E-state index contributed by atoms with van der Waals surface area (Å²) >= 11 is 5.94. The van der Waals surface area contributed by atoms with Crippen molar-refractivity contribution in [1.29, 1.82) is 0 Å². The highest BCUT2D eigenvalue weighted by atomic mass is 35.5. The van der Waals surface area contributed by atoms with E-state index in [0.29, 0.717) is 5.02 Å². The van der Waals surface area contributed by atoms with Crippen molar-refractivity contribution in [1.82, 2.24) is 9.97 Å². The van der Waals surface area contributed by atoms with Gasteiger partial charge in [-0.3, -0.25) is 0 Å². The van der Waals surface area contributed by atoms with E-state index in [9.17, 15) is 5.11 Å². The van der Waals surface area contributed by atoms with Gasteiger partial charge in [0.25, 0.3) is 0 Å². The van der Waals surface area contributed by atoms with Crippen LogP contribution in [0.5, 0.6) is 5.75 Å². The Kier molecular flexibility index (Phi) is 2.49. The van der Waals surface area contributed by atoms with Gasteiger partial charge in [-0.1, -0.05) is 11.6 Å². The van der Waals surface area contributed by atoms with Crippen LogP contribution in [0.4, 0.5) is 0 Å². The molecule has 0 aliphatic heterocycles. The summed E-state index contributed by atoms with van der Waals surface area (Å²) in [6.07, 6.45) is 0. The molecule has 1 aromatic heterocycles. The van der Waals surface area contributed by atoms with Crippen molar-refractivity contribution in [2.75, 3.05) is 0 Å². The molecule has 0 aliphatic carbocycles. The van der Waals surface area contributed by atoms with E-state index in [4.69, 9.17) is 11.6 Å². The van der Waals surface area contributed by atoms with Gasteiger partial charge >= 0.3 is 0 Å². The number of benzene rings is 2. The van der Waals surface area contributed by atoms with Gasteiger partial charge in [-0.25, -0.2) is 4.98 Å². The number of nitrogens with zero attached hydrogens (tertiary/aromatic N) is 1. The molecular formula is C14H11ClN2O. The van der Waals surface area contributed by atoms with E-state index >= 15 is 0 Å². The molecule has 3 rings (SSSR count). The highest BCUT2D eigenvalue weighted by Gasteiger charge is 2.08. The first-order valence-electron chi connectivity index (χ1n) is 5.59. The fourth-order valence-corrected chi connectivity index (χ4v) is 2.24. The molecule has 18 heavy (non-hydrogen) atoms. The van der Waals surface area contributed by atoms with Gasteiger partial charge in [0.1, 0.15) is 11.6 Å². The monoisotopic (exact) mass is 258 g/mol. The summed E-state index contributed by atoms with van der Waals surface area (Å²) in [5.41, 5.74) is 3.72. The average Bonchev–Trinajstić information content (AvgIpc) is 2.71. The molecule has 90 valence electrons. The number of hydrogen-bond acceptors (Lipinski definition) is 2. The van der Waals surface area contributed by atoms with Gasteiger partial charge in [0.15, 0.2) is 0 Å². The lowest BCUT2D eigenvalue weighted by molar-refractivity contribution is 0.476. The number of aromatic hydroxyl groups is 1. The zero-order chi connectivity index (χ0) is 12.7. The Hall–Kier alpha value is -2.00. The predicted octanol–water partition coefficient (Wildman–Crippen LogP) is 3.90. The number of aryl methyl sites for hydroxylation is 1. The standard InChI is InChI=1S/C14H11ClN2O/c1-8-6-9(15)2-4-11(8)14-16-12-5-3-10(18)7-13(12)17-14/h2-7,18H,1H3,(H,16,17). The number of phenols is 1. The minimum absolute atomic E-state index is 0.227. The summed E-state index contributed by atoms with van der Waals surface area (Å²) in [6.45, 7) is 1.99. The molecule has 0 saturated carbocycles. The topological polar surface area (TPSA) is 48.9 Å². The van der Waals surface area contributed by atoms with Crippen LogP contribution >= 0.6 is 11.6 Å². The molecule has 0 saturated heterocycles. The van der Waals surface area contributed by atoms with E-state index in [-0.39, 0.29) is 5.75 Å². The second kappa shape index (κ2) is 4.03. The predicted molar refractivity (Wildman–Crippen MR) is 72.9 cm³/mol. The van der Waals surface area contributed by atoms with E-state index in [1.54, 1.807) is 18.2 Å². The highest BCUT2D eigenvalue weighted by Crippen LogP contribution is 2.27. The molecule has 0 unspecified atom stereocenters. The smallest absolute Gasteiger partial charge is 0.138 e. The minimum atomic E-state index is 0.227. The van der Waals surface area contributed by atoms with Crippen LogP contribution in [0, 0.1) is 6.92 Å². The van der Waals surface area contributed by atoms with Crippen LogP contribution in [-0.4, -0.2) is 15.1 Å². The van der Waals surface area contributed by atoms with Crippen molar-refractivity contribution < 1.29 is 5.11 Å². The van der Waals surface area contributed by atoms with E-state index in [0.717, 1.165) is 28.0 Å². The van der Waals surface area contributed by atoms with Crippen molar-refractivity contribution in [2.45, 2.75) is 6.92 Å². The number of imidazole rings is 1. The summed E-state index contributed by atoms with van der Waals surface area (Å²) in [7, 11) is 0. The highest BCUT2D eigenvalue weighted by molar-refractivity contribution is 6.30. The zero-order valence-electron chi connectivity index (χ0n) is 9.74. The van der Waals surface area contributed by atoms with Crippen LogP contribution in [0.15, 0.2) is 36.4 Å². The lowest BCUT2D eigenvalue weighted by Gasteiger charge is -2.02. The molecule has 0 bridgehead atoms.